The molecule has 0 atom stereocenters. The standard InChI is InChI=1S/C21H26BrNO4S/c1-6-14-11-15(20(25)26-7-2)19(28-14)23-18(24)12-27-17-9-8-13(22)10-16(17)21(3,4)5/h8-11H,6-7,12H2,1-5H3,(H,23,24). The highest BCUT2D eigenvalue weighted by atomic mass is 79.9. The lowest BCUT2D eigenvalue weighted by Crippen LogP contribution is -2.22. The minimum absolute atomic E-state index is 0.129. The molecule has 28 heavy (non-hydrogen) atoms. The number of rotatable bonds is 7. The lowest BCUT2D eigenvalue weighted by atomic mass is 9.86. The molecule has 1 aromatic carbocycles. The fourth-order valence-electron chi connectivity index (χ4n) is 2.59. The molecule has 0 fully saturated rings. The molecule has 0 radical (unpaired) electrons. The number of aryl methyl sites for hydroxylation is 1. The van der Waals surface area contributed by atoms with Crippen LogP contribution in [0.5, 0.6) is 5.75 Å². The zero-order valence-corrected chi connectivity index (χ0v) is 19.3. The number of ether oxygens (including phenoxy) is 2. The zero-order valence-electron chi connectivity index (χ0n) is 16.8. The molecule has 1 amide bonds. The van der Waals surface area contributed by atoms with Crippen molar-refractivity contribution in [1.29, 1.82) is 0 Å². The van der Waals surface area contributed by atoms with E-state index >= 15 is 0 Å². The quantitative estimate of drug-likeness (QED) is 0.540. The average Bonchev–Trinajstić information content (AvgIpc) is 3.03. The van der Waals surface area contributed by atoms with Gasteiger partial charge in [0, 0.05) is 14.9 Å². The second-order valence-electron chi connectivity index (χ2n) is 7.26. The minimum atomic E-state index is -0.433. The van der Waals surface area contributed by atoms with Crippen LogP contribution < -0.4 is 10.1 Å². The van der Waals surface area contributed by atoms with E-state index in [4.69, 9.17) is 9.47 Å². The van der Waals surface area contributed by atoms with Gasteiger partial charge in [0.25, 0.3) is 5.91 Å². The number of anilines is 1. The summed E-state index contributed by atoms with van der Waals surface area (Å²) < 4.78 is 11.8. The Kier molecular flexibility index (Phi) is 7.66. The first-order chi connectivity index (χ1) is 13.2. The second kappa shape index (κ2) is 9.56. The van der Waals surface area contributed by atoms with Gasteiger partial charge in [0.15, 0.2) is 6.61 Å². The van der Waals surface area contributed by atoms with E-state index < -0.39 is 5.97 Å². The van der Waals surface area contributed by atoms with Crippen molar-refractivity contribution in [2.75, 3.05) is 18.5 Å². The Bertz CT molecular complexity index is 855. The van der Waals surface area contributed by atoms with Gasteiger partial charge >= 0.3 is 5.97 Å². The third kappa shape index (κ3) is 5.82. The van der Waals surface area contributed by atoms with Crippen LogP contribution in [-0.2, 0) is 21.4 Å². The molecule has 152 valence electrons. The number of benzene rings is 1. The van der Waals surface area contributed by atoms with Crippen molar-refractivity contribution in [2.45, 2.75) is 46.5 Å². The summed E-state index contributed by atoms with van der Waals surface area (Å²) in [5.41, 5.74) is 1.26. The van der Waals surface area contributed by atoms with E-state index in [1.165, 1.54) is 11.3 Å². The number of carbonyl (C=O) groups is 2. The van der Waals surface area contributed by atoms with E-state index in [0.717, 1.165) is 21.3 Å². The van der Waals surface area contributed by atoms with Crippen LogP contribution in [0.3, 0.4) is 0 Å². The Hall–Kier alpha value is -1.86. The van der Waals surface area contributed by atoms with Gasteiger partial charge < -0.3 is 14.8 Å². The van der Waals surface area contributed by atoms with Crippen LogP contribution >= 0.6 is 27.3 Å². The number of nitrogens with one attached hydrogen (secondary N) is 1. The predicted molar refractivity (Wildman–Crippen MR) is 117 cm³/mol. The zero-order chi connectivity index (χ0) is 20.9. The largest absolute Gasteiger partial charge is 0.483 e. The number of hydrogen-bond donors (Lipinski definition) is 1. The van der Waals surface area contributed by atoms with E-state index in [-0.39, 0.29) is 24.5 Å². The van der Waals surface area contributed by atoms with E-state index in [2.05, 4.69) is 42.0 Å². The lowest BCUT2D eigenvalue weighted by molar-refractivity contribution is -0.118. The van der Waals surface area contributed by atoms with Crippen molar-refractivity contribution in [2.24, 2.45) is 0 Å². The molecule has 2 aromatic rings. The molecule has 0 aliphatic carbocycles. The van der Waals surface area contributed by atoms with Crippen LogP contribution in [0.1, 0.15) is 55.4 Å². The van der Waals surface area contributed by atoms with Crippen molar-refractivity contribution in [3.8, 4) is 5.75 Å². The number of thiophene rings is 1. The molecule has 7 heteroatoms. The van der Waals surface area contributed by atoms with Gasteiger partial charge in [-0.1, -0.05) is 43.6 Å². The van der Waals surface area contributed by atoms with Crippen LogP contribution in [0.15, 0.2) is 28.7 Å². The van der Waals surface area contributed by atoms with Crippen LogP contribution in [0.2, 0.25) is 0 Å². The third-order valence-electron chi connectivity index (χ3n) is 3.99. The molecule has 5 nitrogen and oxygen atoms in total. The maximum atomic E-state index is 12.5. The Balaban J connectivity index is 2.12. The van der Waals surface area contributed by atoms with Gasteiger partial charge in [-0.15, -0.1) is 11.3 Å². The van der Waals surface area contributed by atoms with Crippen molar-refractivity contribution in [3.63, 3.8) is 0 Å². The van der Waals surface area contributed by atoms with Gasteiger partial charge in [-0.2, -0.15) is 0 Å². The highest BCUT2D eigenvalue weighted by molar-refractivity contribution is 9.10. The molecule has 0 spiro atoms. The van der Waals surface area contributed by atoms with Crippen LogP contribution in [0.4, 0.5) is 5.00 Å². The first-order valence-electron chi connectivity index (χ1n) is 9.18. The van der Waals surface area contributed by atoms with Gasteiger partial charge in [0.05, 0.1) is 12.2 Å². The summed E-state index contributed by atoms with van der Waals surface area (Å²) in [7, 11) is 0. The third-order valence-corrected chi connectivity index (χ3v) is 5.68. The summed E-state index contributed by atoms with van der Waals surface area (Å²) in [5.74, 6) is -0.0904. The fraction of sp³-hybridized carbons (Fsp3) is 0.429. The molecule has 0 bridgehead atoms. The number of hydrogen-bond acceptors (Lipinski definition) is 5. The van der Waals surface area contributed by atoms with E-state index in [1.807, 2.05) is 25.1 Å². The molecule has 0 unspecified atom stereocenters. The van der Waals surface area contributed by atoms with E-state index in [1.54, 1.807) is 13.0 Å². The van der Waals surface area contributed by atoms with Gasteiger partial charge in [-0.05, 0) is 43.0 Å². The van der Waals surface area contributed by atoms with Gasteiger partial charge in [-0.3, -0.25) is 4.79 Å². The van der Waals surface area contributed by atoms with Crippen LogP contribution in [0, 0.1) is 0 Å². The smallest absolute Gasteiger partial charge is 0.341 e. The van der Waals surface area contributed by atoms with E-state index in [9.17, 15) is 9.59 Å². The highest BCUT2D eigenvalue weighted by Crippen LogP contribution is 2.34. The first-order valence-corrected chi connectivity index (χ1v) is 10.8. The maximum Gasteiger partial charge on any atom is 0.341 e. The normalized spacial score (nSPS) is 11.2. The van der Waals surface area contributed by atoms with Crippen molar-refractivity contribution >= 4 is 44.1 Å². The molecule has 0 aliphatic rings. The Morgan fingerprint density at radius 2 is 1.89 bits per heavy atom. The number of esters is 1. The second-order valence-corrected chi connectivity index (χ2v) is 9.31. The molecule has 1 heterocycles. The Labute approximate surface area is 178 Å². The Morgan fingerprint density at radius 1 is 1.18 bits per heavy atom. The van der Waals surface area contributed by atoms with Gasteiger partial charge in [0.1, 0.15) is 10.8 Å². The van der Waals surface area contributed by atoms with Crippen LogP contribution in [0.25, 0.3) is 0 Å². The summed E-state index contributed by atoms with van der Waals surface area (Å²) in [5, 5.41) is 3.28. The van der Waals surface area contributed by atoms with Crippen molar-refractivity contribution in [3.05, 3.63) is 44.7 Å². The van der Waals surface area contributed by atoms with Gasteiger partial charge in [0.2, 0.25) is 0 Å². The van der Waals surface area contributed by atoms with Gasteiger partial charge in [-0.25, -0.2) is 4.79 Å². The molecular weight excluding hydrogens is 442 g/mol. The summed E-state index contributed by atoms with van der Waals surface area (Å²) in [4.78, 5) is 25.6. The molecule has 1 aromatic heterocycles. The van der Waals surface area contributed by atoms with E-state index in [0.29, 0.717) is 16.3 Å². The Morgan fingerprint density at radius 3 is 2.50 bits per heavy atom. The number of carbonyl (C=O) groups excluding carboxylic acids is 2. The molecule has 2 rings (SSSR count). The summed E-state index contributed by atoms with van der Waals surface area (Å²) >= 11 is 4.86. The maximum absolute atomic E-state index is 12.5. The molecule has 0 saturated carbocycles. The monoisotopic (exact) mass is 467 g/mol. The lowest BCUT2D eigenvalue weighted by Gasteiger charge is -2.23. The van der Waals surface area contributed by atoms with Crippen molar-refractivity contribution < 1.29 is 19.1 Å². The minimum Gasteiger partial charge on any atom is -0.483 e. The average molecular weight is 468 g/mol. The highest BCUT2D eigenvalue weighted by Gasteiger charge is 2.21. The fourth-order valence-corrected chi connectivity index (χ4v) is 3.95. The predicted octanol–water partition coefficient (Wildman–Crippen LogP) is 5.56. The summed E-state index contributed by atoms with van der Waals surface area (Å²) in [6, 6.07) is 7.50. The first kappa shape index (κ1) is 22.4. The van der Waals surface area contributed by atoms with Crippen molar-refractivity contribution in [1.82, 2.24) is 0 Å². The molecular formula is C21H26BrNO4S. The number of halogens is 1. The summed E-state index contributed by atoms with van der Waals surface area (Å²) in [6.45, 7) is 10.2. The number of amides is 1. The SMILES string of the molecule is CCOC(=O)c1cc(CC)sc1NC(=O)COc1ccc(Br)cc1C(C)(C)C. The molecule has 0 aliphatic heterocycles. The topological polar surface area (TPSA) is 64.6 Å². The van der Waals surface area contributed by atoms with Crippen LogP contribution in [-0.4, -0.2) is 25.1 Å². The molecule has 1 N–H and O–H groups in total. The molecule has 0 saturated heterocycles. The summed E-state index contributed by atoms with van der Waals surface area (Å²) in [6.07, 6.45) is 0.775.